The molecule has 4 aromatic rings. The van der Waals surface area contributed by atoms with Crippen LogP contribution in [0.3, 0.4) is 0 Å². The SMILES string of the molecule is Cc1cc(Sc2ccc(N)cc2)[n+](-c2ccccc2)c2ccccc12.[Cl-]. The maximum absolute atomic E-state index is 5.83. The Kier molecular flexibility index (Phi) is 5.50. The Morgan fingerprint density at radius 1 is 0.808 bits per heavy atom. The second-order valence-electron chi connectivity index (χ2n) is 6.02. The van der Waals surface area contributed by atoms with E-state index in [4.69, 9.17) is 5.73 Å². The van der Waals surface area contributed by atoms with Crippen LogP contribution in [-0.2, 0) is 0 Å². The fourth-order valence-electron chi connectivity index (χ4n) is 3.02. The van der Waals surface area contributed by atoms with E-state index in [1.807, 2.05) is 18.2 Å². The van der Waals surface area contributed by atoms with Crippen LogP contribution in [0, 0.1) is 6.92 Å². The van der Waals surface area contributed by atoms with Crippen LogP contribution in [0.15, 0.2) is 94.9 Å². The van der Waals surface area contributed by atoms with Crippen molar-refractivity contribution in [1.82, 2.24) is 0 Å². The summed E-state index contributed by atoms with van der Waals surface area (Å²) >= 11 is 1.75. The predicted octanol–water partition coefficient (Wildman–Crippen LogP) is 2.16. The number of benzene rings is 3. The summed E-state index contributed by atoms with van der Waals surface area (Å²) in [5, 5.41) is 2.46. The minimum atomic E-state index is 0. The Balaban J connectivity index is 0.00000196. The maximum Gasteiger partial charge on any atom is 0.251 e. The van der Waals surface area contributed by atoms with Crippen molar-refractivity contribution in [3.63, 3.8) is 0 Å². The predicted molar refractivity (Wildman–Crippen MR) is 105 cm³/mol. The molecule has 1 heterocycles. The number of halogens is 1. The highest BCUT2D eigenvalue weighted by Crippen LogP contribution is 2.30. The third kappa shape index (κ3) is 3.55. The number of rotatable bonds is 3. The highest BCUT2D eigenvalue weighted by Gasteiger charge is 2.21. The van der Waals surface area contributed by atoms with Gasteiger partial charge in [0.2, 0.25) is 11.2 Å². The Labute approximate surface area is 164 Å². The molecule has 1 aromatic heterocycles. The first-order valence-corrected chi connectivity index (χ1v) is 9.07. The quantitative estimate of drug-likeness (QED) is 0.437. The number of hydrogen-bond donors (Lipinski definition) is 1. The van der Waals surface area contributed by atoms with Gasteiger partial charge in [-0.15, -0.1) is 4.57 Å². The number of para-hydroxylation sites is 2. The van der Waals surface area contributed by atoms with Gasteiger partial charge in [0.15, 0.2) is 0 Å². The van der Waals surface area contributed by atoms with Crippen molar-refractivity contribution in [1.29, 1.82) is 0 Å². The van der Waals surface area contributed by atoms with E-state index in [1.165, 1.54) is 26.4 Å². The van der Waals surface area contributed by atoms with Crippen molar-refractivity contribution in [2.75, 3.05) is 5.73 Å². The summed E-state index contributed by atoms with van der Waals surface area (Å²) in [6.45, 7) is 2.17. The molecule has 3 aromatic carbocycles. The molecule has 0 saturated carbocycles. The van der Waals surface area contributed by atoms with E-state index in [2.05, 4.69) is 78.2 Å². The molecule has 0 aliphatic carbocycles. The van der Waals surface area contributed by atoms with Crippen molar-refractivity contribution in [3.05, 3.63) is 90.5 Å². The molecule has 4 heteroatoms. The first kappa shape index (κ1) is 18.3. The number of nitrogen functional groups attached to an aromatic ring is 1. The van der Waals surface area contributed by atoms with Crippen molar-refractivity contribution in [2.45, 2.75) is 16.8 Å². The summed E-state index contributed by atoms with van der Waals surface area (Å²) < 4.78 is 2.32. The van der Waals surface area contributed by atoms with E-state index in [0.29, 0.717) is 0 Å². The lowest BCUT2D eigenvalue weighted by molar-refractivity contribution is -0.608. The third-order valence-corrected chi connectivity index (χ3v) is 5.26. The Morgan fingerprint density at radius 2 is 1.46 bits per heavy atom. The van der Waals surface area contributed by atoms with Crippen molar-refractivity contribution in [3.8, 4) is 5.69 Å². The van der Waals surface area contributed by atoms with E-state index < -0.39 is 0 Å². The van der Waals surface area contributed by atoms with Gasteiger partial charge in [-0.3, -0.25) is 0 Å². The zero-order valence-electron chi connectivity index (χ0n) is 14.4. The zero-order chi connectivity index (χ0) is 17.2. The number of aromatic nitrogens is 1. The molecule has 0 atom stereocenters. The fourth-order valence-corrected chi connectivity index (χ4v) is 4.07. The Bertz CT molecular complexity index is 1030. The zero-order valence-corrected chi connectivity index (χ0v) is 16.0. The lowest BCUT2D eigenvalue weighted by Crippen LogP contribution is -3.00. The third-order valence-electron chi connectivity index (χ3n) is 4.25. The van der Waals surface area contributed by atoms with Crippen LogP contribution in [-0.4, -0.2) is 0 Å². The molecule has 130 valence electrons. The van der Waals surface area contributed by atoms with Crippen LogP contribution < -0.4 is 22.7 Å². The number of aryl methyl sites for hydroxylation is 1. The Morgan fingerprint density at radius 3 is 2.19 bits per heavy atom. The van der Waals surface area contributed by atoms with Gasteiger partial charge in [0, 0.05) is 40.2 Å². The maximum atomic E-state index is 5.83. The second kappa shape index (κ2) is 7.81. The number of hydrogen-bond acceptors (Lipinski definition) is 2. The molecule has 0 saturated heterocycles. The van der Waals surface area contributed by atoms with Gasteiger partial charge in [0.25, 0.3) is 5.03 Å². The lowest BCUT2D eigenvalue weighted by atomic mass is 10.1. The summed E-state index contributed by atoms with van der Waals surface area (Å²) in [7, 11) is 0. The van der Waals surface area contributed by atoms with Crippen LogP contribution in [0.1, 0.15) is 5.56 Å². The average molecular weight is 379 g/mol. The molecular weight excluding hydrogens is 360 g/mol. The molecular formula is C22H19ClN2S. The van der Waals surface area contributed by atoms with E-state index >= 15 is 0 Å². The van der Waals surface area contributed by atoms with Gasteiger partial charge in [-0.2, -0.15) is 0 Å². The molecule has 0 fully saturated rings. The normalized spacial score (nSPS) is 10.5. The van der Waals surface area contributed by atoms with E-state index in [0.717, 1.165) is 11.4 Å². The summed E-state index contributed by atoms with van der Waals surface area (Å²) in [6, 6.07) is 29.4. The minimum Gasteiger partial charge on any atom is -1.00 e. The molecule has 4 rings (SSSR count). The highest BCUT2D eigenvalue weighted by atomic mass is 35.5. The molecule has 0 unspecified atom stereocenters. The van der Waals surface area contributed by atoms with Gasteiger partial charge in [0.1, 0.15) is 0 Å². The molecule has 26 heavy (non-hydrogen) atoms. The minimum absolute atomic E-state index is 0. The number of nitrogens with zero attached hydrogens (tertiary/aromatic N) is 1. The van der Waals surface area contributed by atoms with Gasteiger partial charge >= 0.3 is 0 Å². The van der Waals surface area contributed by atoms with Gasteiger partial charge in [-0.1, -0.05) is 30.3 Å². The summed E-state index contributed by atoms with van der Waals surface area (Å²) in [6.07, 6.45) is 0. The van der Waals surface area contributed by atoms with Crippen LogP contribution in [0.5, 0.6) is 0 Å². The van der Waals surface area contributed by atoms with Crippen molar-refractivity contribution in [2.24, 2.45) is 0 Å². The van der Waals surface area contributed by atoms with Crippen LogP contribution in [0.4, 0.5) is 5.69 Å². The van der Waals surface area contributed by atoms with Crippen molar-refractivity contribution >= 4 is 28.4 Å². The van der Waals surface area contributed by atoms with Gasteiger partial charge in [-0.05, 0) is 54.6 Å². The molecule has 0 spiro atoms. The van der Waals surface area contributed by atoms with Gasteiger partial charge in [-0.25, -0.2) is 0 Å². The lowest BCUT2D eigenvalue weighted by Gasteiger charge is -2.09. The number of anilines is 1. The van der Waals surface area contributed by atoms with Crippen molar-refractivity contribution < 1.29 is 17.0 Å². The number of fused-ring (bicyclic) bond motifs is 1. The molecule has 0 amide bonds. The van der Waals surface area contributed by atoms with Gasteiger partial charge in [0.05, 0.1) is 0 Å². The topological polar surface area (TPSA) is 29.9 Å². The first-order chi connectivity index (χ1) is 12.2. The molecule has 2 nitrogen and oxygen atoms in total. The standard InChI is InChI=1S/C22H19N2S.ClH/c1-16-15-22(25-19-13-11-17(23)12-14-19)24(18-7-3-2-4-8-18)21-10-6-5-9-20(16)21;/h2-15H,23H2,1H3;1H/q+1;/p-1. The number of nitrogens with two attached hydrogens (primary N) is 1. The molecule has 2 N–H and O–H groups in total. The largest absolute Gasteiger partial charge is 1.00 e. The van der Waals surface area contributed by atoms with E-state index in [1.54, 1.807) is 11.8 Å². The molecule has 0 bridgehead atoms. The van der Waals surface area contributed by atoms with Gasteiger partial charge < -0.3 is 18.1 Å². The molecule has 0 aliphatic rings. The average Bonchev–Trinajstić information content (AvgIpc) is 2.65. The number of pyridine rings is 1. The first-order valence-electron chi connectivity index (χ1n) is 8.25. The summed E-state index contributed by atoms with van der Waals surface area (Å²) in [4.78, 5) is 1.17. The smallest absolute Gasteiger partial charge is 0.251 e. The summed E-state index contributed by atoms with van der Waals surface area (Å²) in [5.74, 6) is 0. The van der Waals surface area contributed by atoms with Crippen LogP contribution in [0.25, 0.3) is 16.6 Å². The van der Waals surface area contributed by atoms with Crippen LogP contribution in [0.2, 0.25) is 0 Å². The second-order valence-corrected chi connectivity index (χ2v) is 7.12. The fraction of sp³-hybridized carbons (Fsp3) is 0.0455. The monoisotopic (exact) mass is 378 g/mol. The highest BCUT2D eigenvalue weighted by molar-refractivity contribution is 7.99. The molecule has 0 aliphatic heterocycles. The molecule has 0 radical (unpaired) electrons. The summed E-state index contributed by atoms with van der Waals surface area (Å²) in [5.41, 5.74) is 10.3. The van der Waals surface area contributed by atoms with Crippen LogP contribution >= 0.6 is 11.8 Å². The van der Waals surface area contributed by atoms with E-state index in [9.17, 15) is 0 Å². The van der Waals surface area contributed by atoms with E-state index in [-0.39, 0.29) is 12.4 Å². The Hall–Kier alpha value is -2.49.